The van der Waals surface area contributed by atoms with Crippen LogP contribution in [-0.4, -0.2) is 87.4 Å². The smallest absolute Gasteiger partial charge is 0.326 e. The minimum absolute atomic E-state index is 0.0334. The summed E-state index contributed by atoms with van der Waals surface area (Å²) in [5, 5.41) is 17.4. The number of nitrogens with two attached hydrogens (primary N) is 3. The predicted octanol–water partition coefficient (Wildman–Crippen LogP) is -1.72. The largest absolute Gasteiger partial charge is 0.480 e. The van der Waals surface area contributed by atoms with Gasteiger partial charge >= 0.3 is 5.97 Å². The first-order valence-corrected chi connectivity index (χ1v) is 13.3. The SMILES string of the molecule is CSCCC(N)C(=O)NC(C(=O)NC(CCCN=C(N)N)C(=O)NC(Cc1cnc[nH]1)C(=O)O)C(C)C. The van der Waals surface area contributed by atoms with Crippen LogP contribution in [0, 0.1) is 5.92 Å². The molecule has 0 aliphatic carbocycles. The molecule has 1 aromatic heterocycles. The van der Waals surface area contributed by atoms with Gasteiger partial charge in [0.2, 0.25) is 17.7 Å². The van der Waals surface area contributed by atoms with Crippen LogP contribution in [0.5, 0.6) is 0 Å². The summed E-state index contributed by atoms with van der Waals surface area (Å²) in [4.78, 5) is 61.0. The quantitative estimate of drug-likeness (QED) is 0.0629. The van der Waals surface area contributed by atoms with Crippen LogP contribution in [-0.2, 0) is 25.6 Å². The van der Waals surface area contributed by atoms with Gasteiger partial charge in [-0.3, -0.25) is 19.4 Å². The van der Waals surface area contributed by atoms with E-state index < -0.39 is 47.9 Å². The summed E-state index contributed by atoms with van der Waals surface area (Å²) < 4.78 is 0. The van der Waals surface area contributed by atoms with Crippen LogP contribution in [0.2, 0.25) is 0 Å². The van der Waals surface area contributed by atoms with E-state index in [0.29, 0.717) is 24.3 Å². The average Bonchev–Trinajstić information content (AvgIpc) is 3.34. The molecule has 1 aromatic rings. The Morgan fingerprint density at radius 3 is 2.30 bits per heavy atom. The fourth-order valence-electron chi connectivity index (χ4n) is 3.29. The molecule has 1 rings (SSSR count). The Balaban J connectivity index is 2.99. The van der Waals surface area contributed by atoms with Gasteiger partial charge in [-0.05, 0) is 37.2 Å². The number of hydrogen-bond donors (Lipinski definition) is 8. The summed E-state index contributed by atoms with van der Waals surface area (Å²) in [6, 6.07) is -4.10. The van der Waals surface area contributed by atoms with Crippen LogP contribution in [0.4, 0.5) is 0 Å². The van der Waals surface area contributed by atoms with Gasteiger partial charge in [0.1, 0.15) is 18.1 Å². The number of H-pyrrole nitrogens is 1. The zero-order valence-corrected chi connectivity index (χ0v) is 22.2. The second-order valence-corrected chi connectivity index (χ2v) is 9.79. The second-order valence-electron chi connectivity index (χ2n) is 8.81. The molecular formula is C22H39N9O5S. The maximum atomic E-state index is 13.1. The van der Waals surface area contributed by atoms with E-state index in [1.54, 1.807) is 25.6 Å². The van der Waals surface area contributed by atoms with Crippen molar-refractivity contribution in [3.8, 4) is 0 Å². The van der Waals surface area contributed by atoms with Crippen molar-refractivity contribution in [3.05, 3.63) is 18.2 Å². The number of guanidine groups is 1. The highest BCUT2D eigenvalue weighted by molar-refractivity contribution is 7.98. The van der Waals surface area contributed by atoms with Gasteiger partial charge < -0.3 is 43.2 Å². The molecule has 0 saturated carbocycles. The molecule has 0 aliphatic heterocycles. The number of rotatable bonds is 17. The van der Waals surface area contributed by atoms with Crippen LogP contribution in [0.1, 0.15) is 38.8 Å². The van der Waals surface area contributed by atoms with Crippen molar-refractivity contribution < 1.29 is 24.3 Å². The molecule has 4 atom stereocenters. The number of carbonyl (C=O) groups is 4. The lowest BCUT2D eigenvalue weighted by Gasteiger charge is -2.27. The van der Waals surface area contributed by atoms with Gasteiger partial charge in [0.15, 0.2) is 5.96 Å². The summed E-state index contributed by atoms with van der Waals surface area (Å²) in [5.41, 5.74) is 17.1. The molecule has 0 spiro atoms. The Kier molecular flexibility index (Phi) is 14.1. The normalized spacial score (nSPS) is 14.2. The number of aromatic amines is 1. The summed E-state index contributed by atoms with van der Waals surface area (Å²) in [6.45, 7) is 3.69. The van der Waals surface area contributed by atoms with Crippen LogP contribution in [0.15, 0.2) is 17.5 Å². The molecule has 0 bridgehead atoms. The molecule has 0 radical (unpaired) electrons. The molecule has 14 nitrogen and oxygen atoms in total. The molecule has 0 saturated heterocycles. The fraction of sp³-hybridized carbons (Fsp3) is 0.636. The number of aromatic nitrogens is 2. The van der Waals surface area contributed by atoms with E-state index in [0.717, 1.165) is 0 Å². The first kappa shape index (κ1) is 31.7. The van der Waals surface area contributed by atoms with Gasteiger partial charge in [0, 0.05) is 24.9 Å². The maximum Gasteiger partial charge on any atom is 0.326 e. The van der Waals surface area contributed by atoms with Gasteiger partial charge in [-0.25, -0.2) is 9.78 Å². The predicted molar refractivity (Wildman–Crippen MR) is 141 cm³/mol. The molecule has 208 valence electrons. The van der Waals surface area contributed by atoms with Crippen molar-refractivity contribution in [2.75, 3.05) is 18.6 Å². The number of carboxylic acid groups (broad SMARTS) is 1. The van der Waals surface area contributed by atoms with E-state index in [9.17, 15) is 24.3 Å². The van der Waals surface area contributed by atoms with Crippen LogP contribution in [0.3, 0.4) is 0 Å². The topological polar surface area (TPSA) is 244 Å². The molecule has 15 heteroatoms. The number of aliphatic imine (C=N–C) groups is 1. The summed E-state index contributed by atoms with van der Waals surface area (Å²) >= 11 is 1.55. The van der Waals surface area contributed by atoms with Crippen LogP contribution in [0.25, 0.3) is 0 Å². The molecule has 37 heavy (non-hydrogen) atoms. The highest BCUT2D eigenvalue weighted by Gasteiger charge is 2.31. The van der Waals surface area contributed by atoms with E-state index >= 15 is 0 Å². The maximum absolute atomic E-state index is 13.1. The minimum atomic E-state index is -1.26. The Morgan fingerprint density at radius 2 is 1.76 bits per heavy atom. The Hall–Kier alpha value is -3.33. The molecule has 0 aliphatic rings. The minimum Gasteiger partial charge on any atom is -0.480 e. The van der Waals surface area contributed by atoms with E-state index in [4.69, 9.17) is 17.2 Å². The highest BCUT2D eigenvalue weighted by Crippen LogP contribution is 2.08. The zero-order chi connectivity index (χ0) is 28.0. The number of carbonyl (C=O) groups excluding carboxylic acids is 3. The van der Waals surface area contributed by atoms with Gasteiger partial charge in [0.25, 0.3) is 0 Å². The third-order valence-corrected chi connectivity index (χ3v) is 6.03. The van der Waals surface area contributed by atoms with E-state index in [-0.39, 0.29) is 31.3 Å². The molecule has 11 N–H and O–H groups in total. The average molecular weight is 542 g/mol. The lowest BCUT2D eigenvalue weighted by atomic mass is 10.0. The third kappa shape index (κ3) is 12.0. The highest BCUT2D eigenvalue weighted by atomic mass is 32.2. The molecule has 0 fully saturated rings. The molecule has 1 heterocycles. The van der Waals surface area contributed by atoms with Crippen molar-refractivity contribution in [2.24, 2.45) is 28.1 Å². The first-order valence-electron chi connectivity index (χ1n) is 11.9. The van der Waals surface area contributed by atoms with Crippen molar-refractivity contribution >= 4 is 41.4 Å². The van der Waals surface area contributed by atoms with Crippen molar-refractivity contribution in [3.63, 3.8) is 0 Å². The second kappa shape index (κ2) is 16.4. The number of imidazole rings is 1. The molecule has 4 unspecified atom stereocenters. The Labute approximate surface area is 220 Å². The molecule has 3 amide bonds. The van der Waals surface area contributed by atoms with Gasteiger partial charge in [0.05, 0.1) is 12.4 Å². The van der Waals surface area contributed by atoms with Crippen molar-refractivity contribution in [2.45, 2.75) is 63.7 Å². The number of thioether (sulfide) groups is 1. The summed E-state index contributed by atoms with van der Waals surface area (Å²) in [7, 11) is 0. The lowest BCUT2D eigenvalue weighted by Crippen LogP contribution is -2.58. The number of aliphatic carboxylic acids is 1. The lowest BCUT2D eigenvalue weighted by molar-refractivity contribution is -0.142. The third-order valence-electron chi connectivity index (χ3n) is 5.39. The van der Waals surface area contributed by atoms with Gasteiger partial charge in [-0.15, -0.1) is 0 Å². The van der Waals surface area contributed by atoms with E-state index in [2.05, 4.69) is 30.9 Å². The van der Waals surface area contributed by atoms with E-state index in [1.807, 2.05) is 6.26 Å². The summed E-state index contributed by atoms with van der Waals surface area (Å²) in [6.07, 6.45) is 5.61. The van der Waals surface area contributed by atoms with Crippen molar-refractivity contribution in [1.82, 2.24) is 25.9 Å². The number of hydrogen-bond acceptors (Lipinski definition) is 8. The Bertz CT molecular complexity index is 906. The van der Waals surface area contributed by atoms with Crippen LogP contribution >= 0.6 is 11.8 Å². The first-order chi connectivity index (χ1) is 17.5. The number of carboxylic acids is 1. The number of nitrogens with one attached hydrogen (secondary N) is 4. The fourth-order valence-corrected chi connectivity index (χ4v) is 3.78. The zero-order valence-electron chi connectivity index (χ0n) is 21.4. The number of nitrogens with zero attached hydrogens (tertiary/aromatic N) is 2. The van der Waals surface area contributed by atoms with Gasteiger partial charge in [-0.2, -0.15) is 11.8 Å². The van der Waals surface area contributed by atoms with E-state index in [1.165, 1.54) is 12.5 Å². The Morgan fingerprint density at radius 1 is 1.08 bits per heavy atom. The number of amides is 3. The van der Waals surface area contributed by atoms with Crippen molar-refractivity contribution in [1.29, 1.82) is 0 Å². The summed E-state index contributed by atoms with van der Waals surface area (Å²) in [5.74, 6) is -2.75. The van der Waals surface area contributed by atoms with Gasteiger partial charge in [-0.1, -0.05) is 13.8 Å². The monoisotopic (exact) mass is 541 g/mol. The standard InChI is InChI=1S/C22H39N9O5S/c1-12(2)17(31-18(32)14(23)6-8-37-3)20(34)29-15(5-4-7-27-22(24)25)19(33)30-16(21(35)36)9-13-10-26-11-28-13/h10-12,14-17H,4-9,23H2,1-3H3,(H,26,28)(H,29,34)(H,30,33)(H,31,32)(H,35,36)(H4,24,25,27). The molecular weight excluding hydrogens is 502 g/mol. The van der Waals surface area contributed by atoms with Crippen LogP contribution < -0.4 is 33.2 Å². The molecule has 0 aromatic carbocycles.